The summed E-state index contributed by atoms with van der Waals surface area (Å²) in [7, 11) is 3.22. The topological polar surface area (TPSA) is 111 Å². The monoisotopic (exact) mass is 435 g/mol. The van der Waals surface area contributed by atoms with E-state index in [9.17, 15) is 19.5 Å². The summed E-state index contributed by atoms with van der Waals surface area (Å²) in [5, 5.41) is 11.1. The number of ether oxygens (including phenoxy) is 2. The molecule has 9 heteroatoms. The summed E-state index contributed by atoms with van der Waals surface area (Å²) in [6.07, 6.45) is -1.28. The van der Waals surface area contributed by atoms with Gasteiger partial charge in [0, 0.05) is 30.6 Å². The van der Waals surface area contributed by atoms with Gasteiger partial charge in [-0.15, -0.1) is 0 Å². The third-order valence-electron chi connectivity index (χ3n) is 5.97. The number of carbonyl (C=O) groups is 2. The van der Waals surface area contributed by atoms with E-state index in [1.165, 1.54) is 4.90 Å². The number of fused-ring (bicyclic) bond motifs is 5. The van der Waals surface area contributed by atoms with Crippen LogP contribution in [0.25, 0.3) is 22.3 Å². The standard InChI is InChI=1S/C23H21N3O6/c1-4-12-13-7-11(32-23(30)25(2)3)5-6-17(13)24-19-15(12)9-26-18(19)8-14-16(21(26)28)10-31-22(29)20(14)27/h5-8,20,27H,4,9-10H2,1-3H3. The SMILES string of the molecule is CCc1c2c(nc3ccc(OC(=O)N(C)C)cc13)-c1cc3c(c(=O)n1C2)COC(=O)C3O. The molecule has 0 saturated carbocycles. The van der Waals surface area contributed by atoms with E-state index in [-0.39, 0.29) is 23.3 Å². The molecule has 2 aliphatic heterocycles. The molecule has 1 N–H and O–H groups in total. The van der Waals surface area contributed by atoms with Crippen molar-refractivity contribution in [2.24, 2.45) is 0 Å². The summed E-state index contributed by atoms with van der Waals surface area (Å²) in [6, 6.07) is 6.91. The largest absolute Gasteiger partial charge is 0.458 e. The molecular formula is C23H21N3O6. The first-order valence-corrected chi connectivity index (χ1v) is 10.3. The summed E-state index contributed by atoms with van der Waals surface area (Å²) in [5.74, 6) is -0.352. The van der Waals surface area contributed by atoms with Crippen LogP contribution in [0.2, 0.25) is 0 Å². The van der Waals surface area contributed by atoms with E-state index >= 15 is 0 Å². The van der Waals surface area contributed by atoms with Gasteiger partial charge in [0.15, 0.2) is 6.10 Å². The first-order chi connectivity index (χ1) is 15.3. The van der Waals surface area contributed by atoms with E-state index in [1.54, 1.807) is 42.9 Å². The van der Waals surface area contributed by atoms with Crippen LogP contribution in [-0.4, -0.2) is 45.7 Å². The average molecular weight is 435 g/mol. The maximum Gasteiger partial charge on any atom is 0.414 e. The third kappa shape index (κ3) is 2.89. The highest BCUT2D eigenvalue weighted by atomic mass is 16.6. The number of hydrogen-bond acceptors (Lipinski definition) is 7. The number of aliphatic hydroxyl groups excluding tert-OH is 1. The van der Waals surface area contributed by atoms with Gasteiger partial charge in [0.2, 0.25) is 0 Å². The highest BCUT2D eigenvalue weighted by Crippen LogP contribution is 2.38. The number of nitrogens with zero attached hydrogens (tertiary/aromatic N) is 3. The average Bonchev–Trinajstić information content (AvgIpc) is 3.13. The molecule has 3 aromatic rings. The summed E-state index contributed by atoms with van der Waals surface area (Å²) in [5.41, 5.74) is 4.08. The molecule has 1 aromatic carbocycles. The fraction of sp³-hybridized carbons (Fsp3) is 0.304. The van der Waals surface area contributed by atoms with Crippen LogP contribution in [0.1, 0.15) is 35.3 Å². The van der Waals surface area contributed by atoms with Gasteiger partial charge in [0.25, 0.3) is 5.56 Å². The van der Waals surface area contributed by atoms with Gasteiger partial charge in [0.05, 0.1) is 29.0 Å². The number of aromatic nitrogens is 2. The molecule has 4 heterocycles. The van der Waals surface area contributed by atoms with Crippen molar-refractivity contribution in [3.63, 3.8) is 0 Å². The second kappa shape index (κ2) is 7.16. The maximum atomic E-state index is 13.1. The van der Waals surface area contributed by atoms with E-state index < -0.39 is 18.2 Å². The molecule has 164 valence electrons. The van der Waals surface area contributed by atoms with Crippen molar-refractivity contribution in [2.75, 3.05) is 14.1 Å². The van der Waals surface area contributed by atoms with Crippen LogP contribution in [0, 0.1) is 0 Å². The van der Waals surface area contributed by atoms with Crippen LogP contribution >= 0.6 is 0 Å². The minimum atomic E-state index is -1.48. The van der Waals surface area contributed by atoms with Crippen LogP contribution in [0.3, 0.4) is 0 Å². The molecule has 0 spiro atoms. The molecule has 0 radical (unpaired) electrons. The predicted octanol–water partition coefficient (Wildman–Crippen LogP) is 2.14. The number of carbonyl (C=O) groups excluding carboxylic acids is 2. The van der Waals surface area contributed by atoms with Gasteiger partial charge < -0.3 is 24.0 Å². The number of cyclic esters (lactones) is 1. The van der Waals surface area contributed by atoms with Crippen molar-refractivity contribution < 1.29 is 24.2 Å². The first-order valence-electron chi connectivity index (χ1n) is 10.3. The number of pyridine rings is 2. The van der Waals surface area contributed by atoms with Crippen LogP contribution in [0.5, 0.6) is 5.75 Å². The lowest BCUT2D eigenvalue weighted by molar-refractivity contribution is -0.157. The Morgan fingerprint density at radius 2 is 2.06 bits per heavy atom. The summed E-state index contributed by atoms with van der Waals surface area (Å²) >= 11 is 0. The minimum absolute atomic E-state index is 0.155. The highest BCUT2D eigenvalue weighted by molar-refractivity contribution is 5.90. The number of rotatable bonds is 2. The molecule has 0 saturated heterocycles. The van der Waals surface area contributed by atoms with Crippen molar-refractivity contribution >= 4 is 23.0 Å². The normalized spacial score (nSPS) is 16.2. The van der Waals surface area contributed by atoms with Crippen LogP contribution in [0.4, 0.5) is 4.79 Å². The number of aliphatic hydroxyl groups is 1. The molecule has 32 heavy (non-hydrogen) atoms. The lowest BCUT2D eigenvalue weighted by atomic mass is 9.97. The molecule has 1 unspecified atom stereocenters. The Labute approximate surface area is 182 Å². The van der Waals surface area contributed by atoms with Crippen molar-refractivity contribution in [3.8, 4) is 17.1 Å². The molecule has 1 atom stereocenters. The Kier molecular flexibility index (Phi) is 4.52. The lowest BCUT2D eigenvalue weighted by Gasteiger charge is -2.21. The second-order valence-electron chi connectivity index (χ2n) is 8.08. The summed E-state index contributed by atoms with van der Waals surface area (Å²) < 4.78 is 11.9. The van der Waals surface area contributed by atoms with Gasteiger partial charge in [-0.05, 0) is 36.2 Å². The van der Waals surface area contributed by atoms with E-state index in [1.807, 2.05) is 6.92 Å². The molecule has 0 aliphatic carbocycles. The molecule has 1 amide bonds. The van der Waals surface area contributed by atoms with Gasteiger partial charge in [-0.1, -0.05) is 6.92 Å². The van der Waals surface area contributed by atoms with E-state index in [0.717, 1.165) is 16.5 Å². The number of esters is 1. The fourth-order valence-electron chi connectivity index (χ4n) is 4.35. The molecule has 0 bridgehead atoms. The Bertz CT molecular complexity index is 1370. The molecular weight excluding hydrogens is 414 g/mol. The summed E-state index contributed by atoms with van der Waals surface area (Å²) in [6.45, 7) is 2.19. The lowest BCUT2D eigenvalue weighted by Crippen LogP contribution is -2.32. The maximum absolute atomic E-state index is 13.1. The zero-order valence-corrected chi connectivity index (χ0v) is 17.8. The molecule has 9 nitrogen and oxygen atoms in total. The van der Waals surface area contributed by atoms with Gasteiger partial charge in [-0.25, -0.2) is 14.6 Å². The number of hydrogen-bond donors (Lipinski definition) is 1. The van der Waals surface area contributed by atoms with E-state index in [4.69, 9.17) is 14.5 Å². The first kappa shape index (κ1) is 20.2. The van der Waals surface area contributed by atoms with E-state index in [2.05, 4.69) is 0 Å². The van der Waals surface area contributed by atoms with Crippen LogP contribution in [0.15, 0.2) is 29.1 Å². The van der Waals surface area contributed by atoms with Gasteiger partial charge in [0.1, 0.15) is 12.4 Å². The zero-order chi connectivity index (χ0) is 22.7. The zero-order valence-electron chi connectivity index (χ0n) is 17.8. The Morgan fingerprint density at radius 3 is 2.78 bits per heavy atom. The van der Waals surface area contributed by atoms with Crippen LogP contribution in [-0.2, 0) is 29.1 Å². The minimum Gasteiger partial charge on any atom is -0.458 e. The Morgan fingerprint density at radius 1 is 1.28 bits per heavy atom. The molecule has 2 aromatic heterocycles. The highest BCUT2D eigenvalue weighted by Gasteiger charge is 2.34. The smallest absolute Gasteiger partial charge is 0.414 e. The van der Waals surface area contributed by atoms with Crippen molar-refractivity contribution in [3.05, 3.63) is 56.9 Å². The summed E-state index contributed by atoms with van der Waals surface area (Å²) in [4.78, 5) is 43.0. The fourth-order valence-corrected chi connectivity index (χ4v) is 4.35. The Hall–Kier alpha value is -3.72. The molecule has 2 aliphatic rings. The van der Waals surface area contributed by atoms with Gasteiger partial charge in [-0.2, -0.15) is 0 Å². The van der Waals surface area contributed by atoms with Crippen molar-refractivity contribution in [2.45, 2.75) is 32.6 Å². The van der Waals surface area contributed by atoms with Crippen molar-refractivity contribution in [1.82, 2.24) is 14.5 Å². The van der Waals surface area contributed by atoms with Crippen LogP contribution < -0.4 is 10.3 Å². The molecule has 5 rings (SSSR count). The van der Waals surface area contributed by atoms with Gasteiger partial charge in [-0.3, -0.25) is 4.79 Å². The quantitative estimate of drug-likeness (QED) is 0.480. The second-order valence-corrected chi connectivity index (χ2v) is 8.08. The predicted molar refractivity (Wildman–Crippen MR) is 114 cm³/mol. The number of benzene rings is 1. The van der Waals surface area contributed by atoms with Crippen molar-refractivity contribution in [1.29, 1.82) is 0 Å². The van der Waals surface area contributed by atoms with Gasteiger partial charge >= 0.3 is 12.1 Å². The Balaban J connectivity index is 1.69. The molecule has 0 fully saturated rings. The van der Waals surface area contributed by atoms with E-state index in [0.29, 0.717) is 35.6 Å². The number of aryl methyl sites for hydroxylation is 1. The third-order valence-corrected chi connectivity index (χ3v) is 5.97. The number of amides is 1.